The molecule has 0 heterocycles. The summed E-state index contributed by atoms with van der Waals surface area (Å²) in [5, 5.41) is 0. The zero-order chi connectivity index (χ0) is 27.2. The van der Waals surface area contributed by atoms with Crippen molar-refractivity contribution in [1.29, 1.82) is 0 Å². The zero-order valence-corrected chi connectivity index (χ0v) is 25.4. The first-order valence-electron chi connectivity index (χ1n) is 16.5. The molecular formula is C33H65NO3. The van der Waals surface area contributed by atoms with Gasteiger partial charge in [0.2, 0.25) is 0 Å². The van der Waals surface area contributed by atoms with Crippen molar-refractivity contribution < 1.29 is 14.3 Å². The van der Waals surface area contributed by atoms with E-state index in [0.717, 1.165) is 64.4 Å². The topological polar surface area (TPSA) is 46.6 Å². The Balaban J connectivity index is 4.06. The molecule has 37 heavy (non-hydrogen) atoms. The normalized spacial score (nSPS) is 11.5. The van der Waals surface area contributed by atoms with Crippen LogP contribution in [0.3, 0.4) is 0 Å². The van der Waals surface area contributed by atoms with Crippen LogP contribution in [0.1, 0.15) is 175 Å². The maximum absolute atomic E-state index is 12.5. The van der Waals surface area contributed by atoms with Crippen LogP contribution < -0.4 is 0 Å². The first-order chi connectivity index (χ1) is 18.2. The number of rotatable bonds is 30. The lowest BCUT2D eigenvalue weighted by molar-refractivity contribution is -0.150. The molecule has 4 heteroatoms. The van der Waals surface area contributed by atoms with E-state index in [9.17, 15) is 9.59 Å². The van der Waals surface area contributed by atoms with Crippen molar-refractivity contribution in [3.63, 3.8) is 0 Å². The molecule has 0 aliphatic heterocycles. The van der Waals surface area contributed by atoms with Gasteiger partial charge in [0, 0.05) is 12.8 Å². The van der Waals surface area contributed by atoms with Gasteiger partial charge in [0.1, 0.15) is 12.4 Å². The molecule has 0 bridgehead atoms. The Morgan fingerprint density at radius 3 is 1.62 bits per heavy atom. The molecule has 0 amide bonds. The molecule has 0 rings (SSSR count). The van der Waals surface area contributed by atoms with E-state index in [1.807, 2.05) is 0 Å². The summed E-state index contributed by atoms with van der Waals surface area (Å²) in [5.41, 5.74) is 0. The fraction of sp³-hybridized carbons (Fsp3) is 0.939. The molecule has 0 aliphatic rings. The third kappa shape index (κ3) is 26.5. The predicted octanol–water partition coefficient (Wildman–Crippen LogP) is 9.82. The maximum atomic E-state index is 12.5. The summed E-state index contributed by atoms with van der Waals surface area (Å²) in [6, 6.07) is 0. The van der Waals surface area contributed by atoms with Gasteiger partial charge < -0.3 is 14.4 Å². The fourth-order valence-electron chi connectivity index (χ4n) is 5.16. The molecule has 0 saturated heterocycles. The van der Waals surface area contributed by atoms with Crippen LogP contribution in [-0.2, 0) is 14.3 Å². The molecule has 0 N–H and O–H groups in total. The fourth-order valence-corrected chi connectivity index (χ4v) is 5.16. The summed E-state index contributed by atoms with van der Waals surface area (Å²) in [4.78, 5) is 25.6. The van der Waals surface area contributed by atoms with E-state index >= 15 is 0 Å². The molecule has 0 spiro atoms. The van der Waals surface area contributed by atoms with Crippen molar-refractivity contribution >= 4 is 12.3 Å². The second kappa shape index (κ2) is 29.7. The highest BCUT2D eigenvalue weighted by atomic mass is 16.5. The van der Waals surface area contributed by atoms with Gasteiger partial charge in [-0.05, 0) is 77.4 Å². The highest BCUT2D eigenvalue weighted by Crippen LogP contribution is 2.18. The summed E-state index contributed by atoms with van der Waals surface area (Å²) in [6.07, 6.45) is 29.2. The lowest BCUT2D eigenvalue weighted by Gasteiger charge is -2.21. The van der Waals surface area contributed by atoms with Crippen molar-refractivity contribution in [3.05, 3.63) is 0 Å². The van der Waals surface area contributed by atoms with Crippen molar-refractivity contribution in [2.45, 2.75) is 181 Å². The molecular weight excluding hydrogens is 458 g/mol. The van der Waals surface area contributed by atoms with Crippen LogP contribution in [0.25, 0.3) is 0 Å². The summed E-state index contributed by atoms with van der Waals surface area (Å²) in [5.74, 6) is 0.0337. The SMILES string of the molecule is CCCCCCCCC(CCCCCCCC)OC(=O)CCCCCCCN(CCC)CCCCC=O. The van der Waals surface area contributed by atoms with Gasteiger partial charge in [0.25, 0.3) is 0 Å². The largest absolute Gasteiger partial charge is 0.462 e. The number of hydrogen-bond acceptors (Lipinski definition) is 4. The van der Waals surface area contributed by atoms with Crippen LogP contribution in [0.2, 0.25) is 0 Å². The lowest BCUT2D eigenvalue weighted by atomic mass is 10.0. The van der Waals surface area contributed by atoms with Crippen LogP contribution in [0.15, 0.2) is 0 Å². The quantitative estimate of drug-likeness (QED) is 0.0534. The van der Waals surface area contributed by atoms with Gasteiger partial charge in [-0.3, -0.25) is 4.79 Å². The Morgan fingerprint density at radius 2 is 1.08 bits per heavy atom. The molecule has 0 saturated carbocycles. The average molecular weight is 524 g/mol. The highest BCUT2D eigenvalue weighted by Gasteiger charge is 2.14. The number of hydrogen-bond donors (Lipinski definition) is 0. The number of ether oxygens (including phenoxy) is 1. The van der Waals surface area contributed by atoms with Crippen LogP contribution in [0.4, 0.5) is 0 Å². The number of carbonyl (C=O) groups is 2. The molecule has 0 aliphatic carbocycles. The van der Waals surface area contributed by atoms with Crippen LogP contribution in [0, 0.1) is 0 Å². The summed E-state index contributed by atoms with van der Waals surface area (Å²) >= 11 is 0. The van der Waals surface area contributed by atoms with Gasteiger partial charge in [-0.25, -0.2) is 0 Å². The second-order valence-corrected chi connectivity index (χ2v) is 11.2. The van der Waals surface area contributed by atoms with E-state index in [2.05, 4.69) is 25.7 Å². The van der Waals surface area contributed by atoms with E-state index in [4.69, 9.17) is 4.74 Å². The standard InChI is InChI=1S/C33H65NO3/c1-4-7-9-11-14-19-25-32(26-20-15-12-10-8-5-2)37-33(36)27-21-16-13-17-22-29-34(28-6-3)30-23-18-24-31-35/h31-32H,4-30H2,1-3H3. The molecule has 0 aromatic rings. The summed E-state index contributed by atoms with van der Waals surface area (Å²) in [7, 11) is 0. The monoisotopic (exact) mass is 523 g/mol. The first-order valence-corrected chi connectivity index (χ1v) is 16.5. The smallest absolute Gasteiger partial charge is 0.306 e. The van der Waals surface area contributed by atoms with Crippen LogP contribution in [-0.4, -0.2) is 42.9 Å². The predicted molar refractivity (Wildman–Crippen MR) is 160 cm³/mol. The van der Waals surface area contributed by atoms with E-state index < -0.39 is 0 Å². The third-order valence-corrected chi connectivity index (χ3v) is 7.50. The molecule has 4 nitrogen and oxygen atoms in total. The minimum absolute atomic E-state index is 0.0337. The Labute approximate surface area is 232 Å². The number of carbonyl (C=O) groups excluding carboxylic acids is 2. The van der Waals surface area contributed by atoms with Crippen molar-refractivity contribution in [3.8, 4) is 0 Å². The minimum Gasteiger partial charge on any atom is -0.462 e. The van der Waals surface area contributed by atoms with Crippen LogP contribution >= 0.6 is 0 Å². The molecule has 220 valence electrons. The Kier molecular flexibility index (Phi) is 28.9. The summed E-state index contributed by atoms with van der Waals surface area (Å²) < 4.78 is 5.98. The first kappa shape index (κ1) is 36.1. The number of unbranched alkanes of at least 4 members (excludes halogenated alkanes) is 16. The van der Waals surface area contributed by atoms with Gasteiger partial charge in [0.05, 0.1) is 0 Å². The van der Waals surface area contributed by atoms with E-state index in [1.54, 1.807) is 0 Å². The molecule has 0 aromatic heterocycles. The lowest BCUT2D eigenvalue weighted by Crippen LogP contribution is -2.27. The Hall–Kier alpha value is -0.900. The van der Waals surface area contributed by atoms with Gasteiger partial charge in [-0.2, -0.15) is 0 Å². The number of aldehydes is 1. The van der Waals surface area contributed by atoms with E-state index in [-0.39, 0.29) is 12.1 Å². The zero-order valence-electron chi connectivity index (χ0n) is 25.4. The van der Waals surface area contributed by atoms with Crippen LogP contribution in [0.5, 0.6) is 0 Å². The van der Waals surface area contributed by atoms with Gasteiger partial charge >= 0.3 is 5.97 Å². The average Bonchev–Trinajstić information content (AvgIpc) is 2.89. The Morgan fingerprint density at radius 1 is 0.595 bits per heavy atom. The van der Waals surface area contributed by atoms with Crippen molar-refractivity contribution in [1.82, 2.24) is 4.90 Å². The van der Waals surface area contributed by atoms with E-state index in [1.165, 1.54) is 103 Å². The van der Waals surface area contributed by atoms with Gasteiger partial charge in [0.15, 0.2) is 0 Å². The molecule has 0 atom stereocenters. The Bertz CT molecular complexity index is 466. The number of nitrogens with zero attached hydrogens (tertiary/aromatic N) is 1. The van der Waals surface area contributed by atoms with Gasteiger partial charge in [-0.15, -0.1) is 0 Å². The second-order valence-electron chi connectivity index (χ2n) is 11.2. The number of esters is 1. The summed E-state index contributed by atoms with van der Waals surface area (Å²) in [6.45, 7) is 10.2. The van der Waals surface area contributed by atoms with Crippen molar-refractivity contribution in [2.24, 2.45) is 0 Å². The maximum Gasteiger partial charge on any atom is 0.306 e. The molecule has 0 aromatic carbocycles. The molecule has 0 radical (unpaired) electrons. The third-order valence-electron chi connectivity index (χ3n) is 7.50. The highest BCUT2D eigenvalue weighted by molar-refractivity contribution is 5.69. The molecule has 0 fully saturated rings. The van der Waals surface area contributed by atoms with E-state index in [0.29, 0.717) is 12.8 Å². The molecule has 0 unspecified atom stereocenters. The van der Waals surface area contributed by atoms with Gasteiger partial charge in [-0.1, -0.05) is 104 Å². The minimum atomic E-state index is 0.0337. The van der Waals surface area contributed by atoms with Crippen molar-refractivity contribution in [2.75, 3.05) is 19.6 Å².